The molecule has 0 fully saturated rings. The lowest BCUT2D eigenvalue weighted by molar-refractivity contribution is -0.00294. The molecule has 1 aromatic rings. The molecule has 3 N–H and O–H groups in total. The summed E-state index contributed by atoms with van der Waals surface area (Å²) >= 11 is 0. The smallest absolute Gasteiger partial charge is 0.285 e. The van der Waals surface area contributed by atoms with Crippen LogP contribution in [0.5, 0.6) is 0 Å². The number of hydrogen-bond acceptors (Lipinski definition) is 2. The molecular weight excluding hydrogens is 198 g/mol. The van der Waals surface area contributed by atoms with Gasteiger partial charge < -0.3 is 11.1 Å². The number of hydrogen-bond donors (Lipinski definition) is 2. The minimum atomic E-state index is -2.81. The number of rotatable bonds is 6. The molecule has 0 aromatic heterocycles. The van der Waals surface area contributed by atoms with Crippen molar-refractivity contribution >= 4 is 0 Å². The Kier molecular flexibility index (Phi) is 4.65. The van der Waals surface area contributed by atoms with Crippen molar-refractivity contribution in [2.45, 2.75) is 12.3 Å². The van der Waals surface area contributed by atoms with Gasteiger partial charge in [-0.05, 0) is 19.5 Å². The Bertz CT molecular complexity index is 275. The average molecular weight is 214 g/mol. The van der Waals surface area contributed by atoms with E-state index < -0.39 is 5.92 Å². The van der Waals surface area contributed by atoms with Crippen molar-refractivity contribution in [1.29, 1.82) is 0 Å². The van der Waals surface area contributed by atoms with Crippen molar-refractivity contribution in [3.05, 3.63) is 35.9 Å². The molecule has 1 aromatic carbocycles. The molecule has 0 bridgehead atoms. The van der Waals surface area contributed by atoms with Crippen LogP contribution in [0.15, 0.2) is 30.3 Å². The maximum atomic E-state index is 13.5. The first kappa shape index (κ1) is 12.1. The molecule has 0 atom stereocenters. The van der Waals surface area contributed by atoms with Crippen LogP contribution in [0, 0.1) is 0 Å². The quantitative estimate of drug-likeness (QED) is 0.707. The second-order valence-corrected chi connectivity index (χ2v) is 3.39. The van der Waals surface area contributed by atoms with Gasteiger partial charge in [0.05, 0.1) is 6.54 Å². The third-order valence-electron chi connectivity index (χ3n) is 2.10. The fourth-order valence-electron chi connectivity index (χ4n) is 1.26. The van der Waals surface area contributed by atoms with E-state index in [-0.39, 0.29) is 12.1 Å². The maximum Gasteiger partial charge on any atom is 0.285 e. The van der Waals surface area contributed by atoms with Gasteiger partial charge in [0.2, 0.25) is 0 Å². The van der Waals surface area contributed by atoms with Crippen LogP contribution in [0.25, 0.3) is 0 Å². The van der Waals surface area contributed by atoms with Crippen LogP contribution in [0.2, 0.25) is 0 Å². The molecular formula is C11H16F2N2. The van der Waals surface area contributed by atoms with E-state index in [0.717, 1.165) is 0 Å². The molecule has 1 rings (SSSR count). The summed E-state index contributed by atoms with van der Waals surface area (Å²) < 4.78 is 27.0. The van der Waals surface area contributed by atoms with Gasteiger partial charge >= 0.3 is 0 Å². The van der Waals surface area contributed by atoms with E-state index >= 15 is 0 Å². The molecule has 2 nitrogen and oxygen atoms in total. The number of halogens is 2. The summed E-state index contributed by atoms with van der Waals surface area (Å²) in [4.78, 5) is 0. The van der Waals surface area contributed by atoms with E-state index in [1.807, 2.05) is 0 Å². The van der Waals surface area contributed by atoms with E-state index in [4.69, 9.17) is 5.73 Å². The highest BCUT2D eigenvalue weighted by Crippen LogP contribution is 2.26. The molecule has 4 heteroatoms. The third kappa shape index (κ3) is 3.93. The number of nitrogens with one attached hydrogen (secondary N) is 1. The first-order chi connectivity index (χ1) is 7.17. The fraction of sp³-hybridized carbons (Fsp3) is 0.455. The Morgan fingerprint density at radius 2 is 1.87 bits per heavy atom. The highest BCUT2D eigenvalue weighted by Gasteiger charge is 2.30. The standard InChI is InChI=1S/C11H16F2N2/c12-11(13,9-15-8-4-7-14)10-5-2-1-3-6-10/h1-3,5-6,15H,4,7-9,14H2. The summed E-state index contributed by atoms with van der Waals surface area (Å²) in [6.45, 7) is 0.708. The van der Waals surface area contributed by atoms with Crippen LogP contribution in [-0.4, -0.2) is 19.6 Å². The van der Waals surface area contributed by atoms with Gasteiger partial charge in [0.1, 0.15) is 0 Å². The van der Waals surface area contributed by atoms with Gasteiger partial charge in [0, 0.05) is 5.56 Å². The largest absolute Gasteiger partial charge is 0.330 e. The lowest BCUT2D eigenvalue weighted by atomic mass is 10.1. The number of benzene rings is 1. The molecule has 0 saturated carbocycles. The Hall–Kier alpha value is -1.00. The molecule has 0 aliphatic carbocycles. The molecule has 84 valence electrons. The summed E-state index contributed by atoms with van der Waals surface area (Å²) in [5, 5.41) is 2.70. The highest BCUT2D eigenvalue weighted by molar-refractivity contribution is 5.20. The molecule has 0 saturated heterocycles. The molecule has 15 heavy (non-hydrogen) atoms. The van der Waals surface area contributed by atoms with Crippen LogP contribution in [-0.2, 0) is 5.92 Å². The van der Waals surface area contributed by atoms with Gasteiger partial charge in [-0.3, -0.25) is 0 Å². The van der Waals surface area contributed by atoms with E-state index in [1.165, 1.54) is 12.1 Å². The van der Waals surface area contributed by atoms with E-state index in [2.05, 4.69) is 5.32 Å². The molecule has 0 aliphatic rings. The molecule has 0 unspecified atom stereocenters. The summed E-state index contributed by atoms with van der Waals surface area (Å²) in [6.07, 6.45) is 0.713. The fourth-order valence-corrected chi connectivity index (χ4v) is 1.26. The van der Waals surface area contributed by atoms with Crippen molar-refractivity contribution in [2.75, 3.05) is 19.6 Å². The lowest BCUT2D eigenvalue weighted by Gasteiger charge is -2.17. The predicted molar refractivity (Wildman–Crippen MR) is 56.9 cm³/mol. The van der Waals surface area contributed by atoms with Crippen molar-refractivity contribution in [1.82, 2.24) is 5.32 Å². The Morgan fingerprint density at radius 3 is 2.47 bits per heavy atom. The van der Waals surface area contributed by atoms with Gasteiger partial charge in [0.15, 0.2) is 0 Å². The Labute approximate surface area is 88.5 Å². The topological polar surface area (TPSA) is 38.0 Å². The zero-order valence-corrected chi connectivity index (χ0v) is 8.55. The lowest BCUT2D eigenvalue weighted by Crippen LogP contribution is -2.31. The Morgan fingerprint density at radius 1 is 1.20 bits per heavy atom. The van der Waals surface area contributed by atoms with Crippen LogP contribution in [0.4, 0.5) is 8.78 Å². The summed E-state index contributed by atoms with van der Waals surface area (Å²) in [7, 11) is 0. The number of alkyl halides is 2. The molecule has 0 amide bonds. The summed E-state index contributed by atoms with van der Waals surface area (Å²) in [5.41, 5.74) is 5.31. The molecule has 0 aliphatic heterocycles. The van der Waals surface area contributed by atoms with Crippen molar-refractivity contribution in [3.63, 3.8) is 0 Å². The minimum Gasteiger partial charge on any atom is -0.330 e. The highest BCUT2D eigenvalue weighted by atomic mass is 19.3. The second-order valence-electron chi connectivity index (χ2n) is 3.39. The zero-order chi connectivity index (χ0) is 11.1. The molecule has 0 spiro atoms. The van der Waals surface area contributed by atoms with Crippen molar-refractivity contribution in [3.8, 4) is 0 Å². The summed E-state index contributed by atoms with van der Waals surface area (Å²) in [6, 6.07) is 7.82. The van der Waals surface area contributed by atoms with Gasteiger partial charge in [-0.2, -0.15) is 8.78 Å². The van der Waals surface area contributed by atoms with Gasteiger partial charge in [-0.1, -0.05) is 30.3 Å². The van der Waals surface area contributed by atoms with Gasteiger partial charge in [-0.25, -0.2) is 0 Å². The zero-order valence-electron chi connectivity index (χ0n) is 8.55. The first-order valence-electron chi connectivity index (χ1n) is 5.01. The van der Waals surface area contributed by atoms with Gasteiger partial charge in [-0.15, -0.1) is 0 Å². The molecule has 0 radical (unpaired) electrons. The van der Waals surface area contributed by atoms with Crippen LogP contribution < -0.4 is 11.1 Å². The van der Waals surface area contributed by atoms with Crippen molar-refractivity contribution in [2.24, 2.45) is 5.73 Å². The first-order valence-corrected chi connectivity index (χ1v) is 5.01. The average Bonchev–Trinajstić information content (AvgIpc) is 2.26. The predicted octanol–water partition coefficient (Wildman–Crippen LogP) is 1.72. The van der Waals surface area contributed by atoms with Crippen LogP contribution in [0.3, 0.4) is 0 Å². The van der Waals surface area contributed by atoms with Crippen molar-refractivity contribution < 1.29 is 8.78 Å². The second kappa shape index (κ2) is 5.78. The molecule has 0 heterocycles. The SMILES string of the molecule is NCCCNCC(F)(F)c1ccccc1. The van der Waals surface area contributed by atoms with Gasteiger partial charge in [0.25, 0.3) is 5.92 Å². The minimum absolute atomic E-state index is 0.0465. The summed E-state index contributed by atoms with van der Waals surface area (Å²) in [5.74, 6) is -2.81. The van der Waals surface area contributed by atoms with E-state index in [1.54, 1.807) is 18.2 Å². The third-order valence-corrected chi connectivity index (χ3v) is 2.10. The van der Waals surface area contributed by atoms with Crippen LogP contribution in [0.1, 0.15) is 12.0 Å². The normalized spacial score (nSPS) is 11.7. The monoisotopic (exact) mass is 214 g/mol. The maximum absolute atomic E-state index is 13.5. The Balaban J connectivity index is 2.45. The van der Waals surface area contributed by atoms with Crippen LogP contribution >= 0.6 is 0 Å². The van der Waals surface area contributed by atoms with E-state index in [9.17, 15) is 8.78 Å². The van der Waals surface area contributed by atoms with E-state index in [0.29, 0.717) is 19.5 Å². The number of nitrogens with two attached hydrogens (primary N) is 1.